The second-order valence-corrected chi connectivity index (χ2v) is 4.60. The SMILES string of the molecule is CCn1nnc2ccc(-c3c[nH]c4ncncc34)cc21. The average Bonchev–Trinajstić information content (AvgIpc) is 3.10. The number of aromatic nitrogens is 6. The molecule has 0 aliphatic carbocycles. The van der Waals surface area contributed by atoms with Gasteiger partial charge in [-0.3, -0.25) is 0 Å². The van der Waals surface area contributed by atoms with Crippen molar-refractivity contribution in [2.45, 2.75) is 13.5 Å². The third kappa shape index (κ3) is 1.51. The van der Waals surface area contributed by atoms with Crippen LogP contribution in [-0.4, -0.2) is 29.9 Å². The Hall–Kier alpha value is -2.76. The van der Waals surface area contributed by atoms with E-state index in [0.717, 1.165) is 39.7 Å². The fourth-order valence-electron chi connectivity index (χ4n) is 2.47. The Balaban J connectivity index is 1.97. The average molecular weight is 264 g/mol. The number of hydrogen-bond donors (Lipinski definition) is 1. The highest BCUT2D eigenvalue weighted by molar-refractivity contribution is 5.95. The number of aryl methyl sites for hydroxylation is 1. The third-order valence-electron chi connectivity index (χ3n) is 3.48. The molecule has 0 aliphatic rings. The molecule has 0 bridgehead atoms. The Labute approximate surface area is 114 Å². The Morgan fingerprint density at radius 3 is 3.15 bits per heavy atom. The van der Waals surface area contributed by atoms with Gasteiger partial charge in [0.1, 0.15) is 17.5 Å². The summed E-state index contributed by atoms with van der Waals surface area (Å²) in [5.41, 5.74) is 4.99. The summed E-state index contributed by atoms with van der Waals surface area (Å²) in [5.74, 6) is 0. The normalized spacial score (nSPS) is 11.4. The fourth-order valence-corrected chi connectivity index (χ4v) is 2.47. The molecular formula is C14H12N6. The zero-order chi connectivity index (χ0) is 13.5. The maximum Gasteiger partial charge on any atom is 0.141 e. The highest BCUT2D eigenvalue weighted by atomic mass is 15.4. The van der Waals surface area contributed by atoms with Crippen LogP contribution in [0.3, 0.4) is 0 Å². The lowest BCUT2D eigenvalue weighted by Crippen LogP contribution is -1.95. The van der Waals surface area contributed by atoms with E-state index in [0.29, 0.717) is 0 Å². The van der Waals surface area contributed by atoms with Gasteiger partial charge in [-0.2, -0.15) is 0 Å². The van der Waals surface area contributed by atoms with Gasteiger partial charge in [0.2, 0.25) is 0 Å². The Bertz CT molecular complexity index is 904. The van der Waals surface area contributed by atoms with Crippen LogP contribution in [0.5, 0.6) is 0 Å². The number of nitrogens with zero attached hydrogens (tertiary/aromatic N) is 5. The second kappa shape index (κ2) is 4.12. The smallest absolute Gasteiger partial charge is 0.141 e. The first-order chi connectivity index (χ1) is 9.86. The molecule has 0 aliphatic heterocycles. The lowest BCUT2D eigenvalue weighted by Gasteiger charge is -2.01. The zero-order valence-electron chi connectivity index (χ0n) is 10.9. The predicted octanol–water partition coefficient (Wildman–Crippen LogP) is 2.39. The van der Waals surface area contributed by atoms with Crippen LogP contribution in [0.25, 0.3) is 33.2 Å². The molecule has 1 aromatic carbocycles. The van der Waals surface area contributed by atoms with E-state index in [1.807, 2.05) is 29.2 Å². The van der Waals surface area contributed by atoms with Crippen LogP contribution in [0.15, 0.2) is 36.9 Å². The summed E-state index contributed by atoms with van der Waals surface area (Å²) in [4.78, 5) is 11.5. The highest BCUT2D eigenvalue weighted by Crippen LogP contribution is 2.29. The number of aromatic amines is 1. The van der Waals surface area contributed by atoms with E-state index in [4.69, 9.17) is 0 Å². The molecule has 20 heavy (non-hydrogen) atoms. The molecule has 6 nitrogen and oxygen atoms in total. The molecule has 0 radical (unpaired) electrons. The number of rotatable bonds is 2. The van der Waals surface area contributed by atoms with Crippen molar-refractivity contribution < 1.29 is 0 Å². The molecule has 6 heteroatoms. The zero-order valence-corrected chi connectivity index (χ0v) is 10.9. The molecule has 4 aromatic rings. The van der Waals surface area contributed by atoms with Gasteiger partial charge in [0.05, 0.1) is 5.52 Å². The van der Waals surface area contributed by atoms with Crippen LogP contribution in [-0.2, 0) is 6.54 Å². The minimum absolute atomic E-state index is 0.803. The molecule has 0 saturated carbocycles. The van der Waals surface area contributed by atoms with Crippen molar-refractivity contribution in [3.05, 3.63) is 36.9 Å². The Morgan fingerprint density at radius 2 is 2.25 bits per heavy atom. The first kappa shape index (κ1) is 11.1. The van der Waals surface area contributed by atoms with Gasteiger partial charge in [0.25, 0.3) is 0 Å². The van der Waals surface area contributed by atoms with Crippen molar-refractivity contribution >= 4 is 22.1 Å². The van der Waals surface area contributed by atoms with Gasteiger partial charge < -0.3 is 4.98 Å². The van der Waals surface area contributed by atoms with Gasteiger partial charge in [-0.1, -0.05) is 11.3 Å². The van der Waals surface area contributed by atoms with E-state index in [-0.39, 0.29) is 0 Å². The minimum atomic E-state index is 0.803. The van der Waals surface area contributed by atoms with Crippen molar-refractivity contribution in [1.82, 2.24) is 29.9 Å². The molecule has 0 amide bonds. The number of hydrogen-bond acceptors (Lipinski definition) is 4. The van der Waals surface area contributed by atoms with Crippen molar-refractivity contribution in [1.29, 1.82) is 0 Å². The van der Waals surface area contributed by atoms with Crippen LogP contribution in [0.4, 0.5) is 0 Å². The van der Waals surface area contributed by atoms with Gasteiger partial charge in [-0.15, -0.1) is 5.10 Å². The van der Waals surface area contributed by atoms with E-state index < -0.39 is 0 Å². The molecule has 0 fully saturated rings. The van der Waals surface area contributed by atoms with E-state index in [1.165, 1.54) is 0 Å². The van der Waals surface area contributed by atoms with Crippen LogP contribution >= 0.6 is 0 Å². The van der Waals surface area contributed by atoms with Crippen LogP contribution in [0.2, 0.25) is 0 Å². The molecule has 0 saturated heterocycles. The molecule has 0 spiro atoms. The Kier molecular flexibility index (Phi) is 2.29. The summed E-state index contributed by atoms with van der Waals surface area (Å²) in [6.07, 6.45) is 5.33. The summed E-state index contributed by atoms with van der Waals surface area (Å²) in [6, 6.07) is 6.15. The van der Waals surface area contributed by atoms with Gasteiger partial charge in [-0.25, -0.2) is 14.6 Å². The summed E-state index contributed by atoms with van der Waals surface area (Å²) in [5, 5.41) is 9.30. The van der Waals surface area contributed by atoms with Crippen molar-refractivity contribution in [3.8, 4) is 11.1 Å². The minimum Gasteiger partial charge on any atom is -0.345 e. The second-order valence-electron chi connectivity index (χ2n) is 4.60. The molecule has 4 rings (SSSR count). The Morgan fingerprint density at radius 1 is 1.30 bits per heavy atom. The predicted molar refractivity (Wildman–Crippen MR) is 76.1 cm³/mol. The number of H-pyrrole nitrogens is 1. The summed E-state index contributed by atoms with van der Waals surface area (Å²) < 4.78 is 1.89. The van der Waals surface area contributed by atoms with Gasteiger partial charge >= 0.3 is 0 Å². The quantitative estimate of drug-likeness (QED) is 0.603. The molecule has 0 unspecified atom stereocenters. The monoisotopic (exact) mass is 264 g/mol. The topological polar surface area (TPSA) is 72.3 Å². The van der Waals surface area contributed by atoms with E-state index in [2.05, 4.69) is 38.3 Å². The van der Waals surface area contributed by atoms with Crippen LogP contribution in [0.1, 0.15) is 6.92 Å². The lowest BCUT2D eigenvalue weighted by atomic mass is 10.1. The van der Waals surface area contributed by atoms with E-state index >= 15 is 0 Å². The maximum absolute atomic E-state index is 4.22. The van der Waals surface area contributed by atoms with Crippen LogP contribution < -0.4 is 0 Å². The number of nitrogens with one attached hydrogen (secondary N) is 1. The van der Waals surface area contributed by atoms with E-state index in [9.17, 15) is 0 Å². The van der Waals surface area contributed by atoms with Crippen molar-refractivity contribution in [3.63, 3.8) is 0 Å². The number of benzene rings is 1. The molecule has 0 atom stereocenters. The first-order valence-electron chi connectivity index (χ1n) is 6.47. The largest absolute Gasteiger partial charge is 0.345 e. The van der Waals surface area contributed by atoms with Gasteiger partial charge in [0, 0.05) is 29.9 Å². The first-order valence-corrected chi connectivity index (χ1v) is 6.47. The highest BCUT2D eigenvalue weighted by Gasteiger charge is 2.10. The van der Waals surface area contributed by atoms with Crippen molar-refractivity contribution in [2.24, 2.45) is 0 Å². The van der Waals surface area contributed by atoms with Crippen LogP contribution in [0, 0.1) is 0 Å². The standard InChI is InChI=1S/C14H12N6/c1-2-20-13-5-9(3-4-12(13)18-19-20)10-7-16-14-11(10)6-15-8-17-14/h3-8H,2H2,1H3,(H,15,16,17). The van der Waals surface area contributed by atoms with Crippen molar-refractivity contribution in [2.75, 3.05) is 0 Å². The summed E-state index contributed by atoms with van der Waals surface area (Å²) >= 11 is 0. The molecule has 3 aromatic heterocycles. The van der Waals surface area contributed by atoms with Gasteiger partial charge in [0.15, 0.2) is 0 Å². The summed E-state index contributed by atoms with van der Waals surface area (Å²) in [6.45, 7) is 2.86. The van der Waals surface area contributed by atoms with E-state index in [1.54, 1.807) is 6.33 Å². The molecule has 1 N–H and O–H groups in total. The van der Waals surface area contributed by atoms with Gasteiger partial charge in [-0.05, 0) is 24.6 Å². The third-order valence-corrected chi connectivity index (χ3v) is 3.48. The summed E-state index contributed by atoms with van der Waals surface area (Å²) in [7, 11) is 0. The maximum atomic E-state index is 4.22. The fraction of sp³-hybridized carbons (Fsp3) is 0.143. The lowest BCUT2D eigenvalue weighted by molar-refractivity contribution is 0.646. The number of fused-ring (bicyclic) bond motifs is 2. The molecular weight excluding hydrogens is 252 g/mol. The molecule has 98 valence electrons. The molecule has 3 heterocycles.